The molecule has 1 aromatic rings. The molecule has 2 fully saturated rings. The lowest BCUT2D eigenvalue weighted by molar-refractivity contribution is -0.130. The lowest BCUT2D eigenvalue weighted by Gasteiger charge is -2.36. The summed E-state index contributed by atoms with van der Waals surface area (Å²) in [5.74, 6) is 0.000624. The van der Waals surface area contributed by atoms with E-state index in [2.05, 4.69) is 5.32 Å². The van der Waals surface area contributed by atoms with Crippen LogP contribution in [0.5, 0.6) is 0 Å². The molecule has 2 aliphatic heterocycles. The first kappa shape index (κ1) is 19.1. The normalized spacial score (nSPS) is 20.5. The first-order valence-corrected chi connectivity index (χ1v) is 10.8. The Morgan fingerprint density at radius 2 is 1.42 bits per heavy atom. The lowest BCUT2D eigenvalue weighted by Crippen LogP contribution is -2.55. The third kappa shape index (κ3) is 4.75. The van der Waals surface area contributed by atoms with Crippen LogP contribution in [-0.4, -0.2) is 73.6 Å². The molecule has 0 bridgehead atoms. The number of carbonyl (C=O) groups excluding carboxylic acids is 1. The molecule has 1 aromatic carbocycles. The average Bonchev–Trinajstić information content (AvgIpc) is 2.97. The second kappa shape index (κ2) is 8.83. The minimum Gasteiger partial charge on any atom is -0.376 e. The van der Waals surface area contributed by atoms with E-state index < -0.39 is 10.2 Å². The van der Waals surface area contributed by atoms with Crippen LogP contribution in [0.15, 0.2) is 30.3 Å². The van der Waals surface area contributed by atoms with E-state index in [1.807, 2.05) is 30.3 Å². The van der Waals surface area contributed by atoms with Crippen LogP contribution in [0.3, 0.4) is 0 Å². The van der Waals surface area contributed by atoms with Crippen molar-refractivity contribution in [2.75, 3.05) is 51.1 Å². The molecule has 1 amide bonds. The van der Waals surface area contributed by atoms with E-state index in [-0.39, 0.29) is 12.5 Å². The Kier molecular flexibility index (Phi) is 6.50. The van der Waals surface area contributed by atoms with E-state index in [0.717, 1.165) is 31.4 Å². The van der Waals surface area contributed by atoms with Crippen LogP contribution < -0.4 is 5.32 Å². The van der Waals surface area contributed by atoms with Gasteiger partial charge in [0.2, 0.25) is 5.91 Å². The Morgan fingerprint density at radius 1 is 0.846 bits per heavy atom. The van der Waals surface area contributed by atoms with E-state index in [9.17, 15) is 13.2 Å². The average molecular weight is 381 g/mol. The fourth-order valence-corrected chi connectivity index (χ4v) is 5.12. The fourth-order valence-electron chi connectivity index (χ4n) is 3.45. The van der Waals surface area contributed by atoms with E-state index in [1.54, 1.807) is 9.21 Å². The number of piperazine rings is 1. The van der Waals surface area contributed by atoms with Gasteiger partial charge in [0, 0.05) is 45.0 Å². The van der Waals surface area contributed by atoms with Crippen molar-refractivity contribution in [1.29, 1.82) is 0 Å². The Hall–Kier alpha value is -1.64. The number of hydrogen-bond acceptors (Lipinski definition) is 4. The Labute approximate surface area is 156 Å². The molecule has 144 valence electrons. The molecule has 26 heavy (non-hydrogen) atoms. The highest BCUT2D eigenvalue weighted by Gasteiger charge is 2.33. The van der Waals surface area contributed by atoms with Crippen molar-refractivity contribution in [3.05, 3.63) is 30.3 Å². The molecular weight excluding hydrogens is 352 g/mol. The topological polar surface area (TPSA) is 73.0 Å². The third-order valence-corrected chi connectivity index (χ3v) is 7.06. The van der Waals surface area contributed by atoms with E-state index in [0.29, 0.717) is 39.3 Å². The minimum atomic E-state index is -3.40. The Bertz CT molecular complexity index is 680. The van der Waals surface area contributed by atoms with Crippen molar-refractivity contribution < 1.29 is 13.2 Å². The van der Waals surface area contributed by atoms with Gasteiger partial charge in [-0.2, -0.15) is 17.0 Å². The summed E-state index contributed by atoms with van der Waals surface area (Å²) in [6, 6.07) is 9.59. The van der Waals surface area contributed by atoms with Crippen LogP contribution in [0.25, 0.3) is 0 Å². The molecule has 0 radical (unpaired) electrons. The van der Waals surface area contributed by atoms with Gasteiger partial charge < -0.3 is 10.2 Å². The van der Waals surface area contributed by atoms with E-state index in [1.165, 1.54) is 4.31 Å². The molecule has 0 saturated carbocycles. The van der Waals surface area contributed by atoms with E-state index in [4.69, 9.17) is 0 Å². The summed E-state index contributed by atoms with van der Waals surface area (Å²) in [5, 5.41) is 3.11. The molecule has 0 aliphatic carbocycles. The van der Waals surface area contributed by atoms with Gasteiger partial charge in [0.1, 0.15) is 0 Å². The molecule has 8 heteroatoms. The number of hydrogen-bond donors (Lipinski definition) is 1. The first-order valence-electron chi connectivity index (χ1n) is 9.39. The monoisotopic (exact) mass is 380 g/mol. The maximum absolute atomic E-state index is 12.8. The van der Waals surface area contributed by atoms with Crippen molar-refractivity contribution in [2.45, 2.75) is 25.7 Å². The zero-order chi connectivity index (χ0) is 18.4. The molecular formula is C18H28N4O3S. The van der Waals surface area contributed by atoms with Crippen molar-refractivity contribution in [3.8, 4) is 0 Å². The molecule has 0 spiro atoms. The third-order valence-electron chi connectivity index (χ3n) is 5.03. The van der Waals surface area contributed by atoms with Crippen molar-refractivity contribution in [3.63, 3.8) is 0 Å². The highest BCUT2D eigenvalue weighted by atomic mass is 32.2. The summed E-state index contributed by atoms with van der Waals surface area (Å²) in [6.45, 7) is 3.09. The highest BCUT2D eigenvalue weighted by Crippen LogP contribution is 2.18. The van der Waals surface area contributed by atoms with Gasteiger partial charge >= 0.3 is 0 Å². The van der Waals surface area contributed by atoms with Crippen LogP contribution in [0, 0.1) is 0 Å². The minimum absolute atomic E-state index is 0.000624. The standard InChI is InChI=1S/C18H28N4O3S/c23-18(16-19-17-8-4-3-5-9-17)20-12-14-22(15-13-20)26(24,25)21-10-6-1-2-7-11-21/h3-5,8-9,19H,1-2,6-7,10-16H2. The van der Waals surface area contributed by atoms with Gasteiger partial charge in [-0.05, 0) is 25.0 Å². The summed E-state index contributed by atoms with van der Waals surface area (Å²) < 4.78 is 28.8. The largest absolute Gasteiger partial charge is 0.376 e. The molecule has 1 N–H and O–H groups in total. The Morgan fingerprint density at radius 3 is 2.04 bits per heavy atom. The molecule has 0 aromatic heterocycles. The van der Waals surface area contributed by atoms with Gasteiger partial charge in [0.25, 0.3) is 10.2 Å². The summed E-state index contributed by atoms with van der Waals surface area (Å²) in [5.41, 5.74) is 0.906. The number of rotatable bonds is 5. The predicted molar refractivity (Wildman–Crippen MR) is 102 cm³/mol. The van der Waals surface area contributed by atoms with Gasteiger partial charge in [-0.25, -0.2) is 0 Å². The highest BCUT2D eigenvalue weighted by molar-refractivity contribution is 7.86. The van der Waals surface area contributed by atoms with Crippen LogP contribution in [0.4, 0.5) is 5.69 Å². The van der Waals surface area contributed by atoms with Crippen molar-refractivity contribution in [2.24, 2.45) is 0 Å². The van der Waals surface area contributed by atoms with Gasteiger partial charge in [-0.1, -0.05) is 31.0 Å². The second-order valence-corrected chi connectivity index (χ2v) is 8.75. The van der Waals surface area contributed by atoms with Crippen molar-refractivity contribution in [1.82, 2.24) is 13.5 Å². The fraction of sp³-hybridized carbons (Fsp3) is 0.611. The lowest BCUT2D eigenvalue weighted by atomic mass is 10.2. The maximum atomic E-state index is 12.8. The molecule has 2 saturated heterocycles. The second-order valence-electron chi connectivity index (χ2n) is 6.82. The quantitative estimate of drug-likeness (QED) is 0.837. The maximum Gasteiger partial charge on any atom is 0.282 e. The SMILES string of the molecule is O=C(CNc1ccccc1)N1CCN(S(=O)(=O)N2CCCCCC2)CC1. The zero-order valence-electron chi connectivity index (χ0n) is 15.1. The summed E-state index contributed by atoms with van der Waals surface area (Å²) in [7, 11) is -3.40. The van der Waals surface area contributed by atoms with Gasteiger partial charge in [-0.3, -0.25) is 4.79 Å². The van der Waals surface area contributed by atoms with Crippen LogP contribution in [0.2, 0.25) is 0 Å². The molecule has 0 unspecified atom stereocenters. The first-order chi connectivity index (χ1) is 12.6. The molecule has 2 aliphatic rings. The number of benzene rings is 1. The summed E-state index contributed by atoms with van der Waals surface area (Å²) in [4.78, 5) is 14.1. The van der Waals surface area contributed by atoms with Gasteiger partial charge in [0.15, 0.2) is 0 Å². The number of para-hydroxylation sites is 1. The number of amides is 1. The molecule has 0 atom stereocenters. The van der Waals surface area contributed by atoms with Gasteiger partial charge in [-0.15, -0.1) is 0 Å². The molecule has 2 heterocycles. The molecule has 3 rings (SSSR count). The van der Waals surface area contributed by atoms with E-state index >= 15 is 0 Å². The van der Waals surface area contributed by atoms with Crippen LogP contribution in [0.1, 0.15) is 25.7 Å². The zero-order valence-corrected chi connectivity index (χ0v) is 16.0. The van der Waals surface area contributed by atoms with Crippen molar-refractivity contribution >= 4 is 21.8 Å². The van der Waals surface area contributed by atoms with Crippen LogP contribution >= 0.6 is 0 Å². The number of nitrogens with zero attached hydrogens (tertiary/aromatic N) is 3. The predicted octanol–water partition coefficient (Wildman–Crippen LogP) is 1.36. The van der Waals surface area contributed by atoms with Crippen LogP contribution in [-0.2, 0) is 15.0 Å². The molecule has 7 nitrogen and oxygen atoms in total. The number of anilines is 1. The summed E-state index contributed by atoms with van der Waals surface area (Å²) >= 11 is 0. The summed E-state index contributed by atoms with van der Waals surface area (Å²) in [6.07, 6.45) is 4.07. The van der Waals surface area contributed by atoms with Gasteiger partial charge in [0.05, 0.1) is 6.54 Å². The number of carbonyl (C=O) groups is 1. The number of nitrogens with one attached hydrogen (secondary N) is 1. The Balaban J connectivity index is 1.49. The smallest absolute Gasteiger partial charge is 0.282 e.